The first-order valence-electron chi connectivity index (χ1n) is 11.1. The van der Waals surface area contributed by atoms with Crippen molar-refractivity contribution in [2.75, 3.05) is 17.1 Å². The standard InChI is InChI=1S/C25H21N3O7S/c1-13-14(2)36-24(18(13)25(31)34-3)26-22(29)19-20(15-9-11-17(12-10-15)28(32)33)27(35-21(19)23(26)30)16-7-5-4-6-8-16/h4-12,19-21H,1-3H3/t19-,20-,21-/m1/s1. The van der Waals surface area contributed by atoms with Gasteiger partial charge in [-0.2, -0.15) is 0 Å². The number of methoxy groups -OCH3 is 1. The van der Waals surface area contributed by atoms with Crippen LogP contribution in [0.3, 0.4) is 0 Å². The van der Waals surface area contributed by atoms with Gasteiger partial charge in [0.25, 0.3) is 11.6 Å². The Bertz CT molecular complexity index is 1390. The van der Waals surface area contributed by atoms with Crippen LogP contribution in [0, 0.1) is 29.9 Å². The third kappa shape index (κ3) is 3.55. The third-order valence-electron chi connectivity index (χ3n) is 6.53. The van der Waals surface area contributed by atoms with E-state index in [-0.39, 0.29) is 16.3 Å². The van der Waals surface area contributed by atoms with E-state index >= 15 is 0 Å². The van der Waals surface area contributed by atoms with E-state index in [1.807, 2.05) is 6.07 Å². The molecule has 0 spiro atoms. The Morgan fingerprint density at radius 3 is 2.33 bits per heavy atom. The molecule has 36 heavy (non-hydrogen) atoms. The summed E-state index contributed by atoms with van der Waals surface area (Å²) in [4.78, 5) is 58.5. The maximum absolute atomic E-state index is 13.9. The summed E-state index contributed by atoms with van der Waals surface area (Å²) in [5.41, 5.74) is 1.92. The molecule has 2 aliphatic rings. The number of fused-ring (bicyclic) bond motifs is 1. The van der Waals surface area contributed by atoms with Crippen LogP contribution in [0.25, 0.3) is 0 Å². The normalized spacial score (nSPS) is 21.1. The summed E-state index contributed by atoms with van der Waals surface area (Å²) >= 11 is 1.17. The molecule has 5 rings (SSSR count). The maximum atomic E-state index is 13.9. The number of para-hydroxylation sites is 1. The second-order valence-electron chi connectivity index (χ2n) is 8.47. The molecular weight excluding hydrogens is 486 g/mol. The van der Waals surface area contributed by atoms with Crippen molar-refractivity contribution in [1.82, 2.24) is 0 Å². The lowest BCUT2D eigenvalue weighted by Crippen LogP contribution is -2.37. The highest BCUT2D eigenvalue weighted by atomic mass is 32.1. The van der Waals surface area contributed by atoms with E-state index in [1.165, 1.54) is 35.6 Å². The van der Waals surface area contributed by atoms with Crippen molar-refractivity contribution in [2.24, 2.45) is 5.92 Å². The maximum Gasteiger partial charge on any atom is 0.341 e. The minimum absolute atomic E-state index is 0.0943. The Morgan fingerprint density at radius 1 is 1.06 bits per heavy atom. The molecule has 2 amide bonds. The summed E-state index contributed by atoms with van der Waals surface area (Å²) in [7, 11) is 1.24. The molecule has 0 radical (unpaired) electrons. The summed E-state index contributed by atoms with van der Waals surface area (Å²) in [5.74, 6) is -2.67. The van der Waals surface area contributed by atoms with Gasteiger partial charge in [0.15, 0.2) is 6.10 Å². The molecule has 184 valence electrons. The number of hydrogen-bond acceptors (Lipinski definition) is 9. The second-order valence-corrected chi connectivity index (χ2v) is 9.68. The molecule has 0 N–H and O–H groups in total. The molecule has 11 heteroatoms. The number of hydroxylamine groups is 1. The highest BCUT2D eigenvalue weighted by Gasteiger charge is 2.61. The molecular formula is C25H21N3O7S. The predicted molar refractivity (Wildman–Crippen MR) is 131 cm³/mol. The zero-order valence-corrected chi connectivity index (χ0v) is 20.4. The Kier molecular flexibility index (Phi) is 5.81. The first-order valence-corrected chi connectivity index (χ1v) is 11.9. The molecule has 2 aliphatic heterocycles. The number of ether oxygens (including phenoxy) is 1. The van der Waals surface area contributed by atoms with Crippen molar-refractivity contribution in [3.63, 3.8) is 0 Å². The van der Waals surface area contributed by atoms with Crippen LogP contribution in [0.4, 0.5) is 16.4 Å². The van der Waals surface area contributed by atoms with Crippen LogP contribution in [0.1, 0.15) is 32.4 Å². The number of nitrogens with zero attached hydrogens (tertiary/aromatic N) is 3. The Balaban J connectivity index is 1.60. The largest absolute Gasteiger partial charge is 0.465 e. The summed E-state index contributed by atoms with van der Waals surface area (Å²) in [6.07, 6.45) is -1.13. The molecule has 2 fully saturated rings. The van der Waals surface area contributed by atoms with Gasteiger partial charge in [0.2, 0.25) is 5.91 Å². The van der Waals surface area contributed by atoms with Gasteiger partial charge >= 0.3 is 5.97 Å². The number of non-ortho nitro benzene ring substituents is 1. The average molecular weight is 508 g/mol. The minimum atomic E-state index is -1.13. The molecule has 0 unspecified atom stereocenters. The fourth-order valence-corrected chi connectivity index (χ4v) is 5.81. The predicted octanol–water partition coefficient (Wildman–Crippen LogP) is 4.11. The molecule has 0 aliphatic carbocycles. The average Bonchev–Trinajstić information content (AvgIpc) is 3.49. The van der Waals surface area contributed by atoms with E-state index in [1.54, 1.807) is 50.2 Å². The van der Waals surface area contributed by atoms with Gasteiger partial charge in [-0.15, -0.1) is 11.3 Å². The third-order valence-corrected chi connectivity index (χ3v) is 7.72. The quantitative estimate of drug-likeness (QED) is 0.219. The van der Waals surface area contributed by atoms with Crippen LogP contribution in [-0.4, -0.2) is 35.9 Å². The number of imide groups is 1. The van der Waals surface area contributed by atoms with E-state index in [4.69, 9.17) is 9.57 Å². The van der Waals surface area contributed by atoms with Crippen LogP contribution >= 0.6 is 11.3 Å². The number of benzene rings is 2. The number of aryl methyl sites for hydroxylation is 1. The van der Waals surface area contributed by atoms with Crippen LogP contribution in [0.15, 0.2) is 54.6 Å². The number of hydrogen-bond donors (Lipinski definition) is 0. The van der Waals surface area contributed by atoms with Crippen molar-refractivity contribution in [3.05, 3.63) is 86.3 Å². The van der Waals surface area contributed by atoms with E-state index in [9.17, 15) is 24.5 Å². The van der Waals surface area contributed by atoms with Gasteiger partial charge in [0.05, 0.1) is 29.3 Å². The van der Waals surface area contributed by atoms with Gasteiger partial charge < -0.3 is 4.74 Å². The van der Waals surface area contributed by atoms with Crippen LogP contribution in [0.2, 0.25) is 0 Å². The smallest absolute Gasteiger partial charge is 0.341 e. The molecule has 1 aromatic heterocycles. The number of nitro benzene ring substituents is 1. The summed E-state index contributed by atoms with van der Waals surface area (Å²) in [5, 5.41) is 12.9. The Morgan fingerprint density at radius 2 is 1.72 bits per heavy atom. The van der Waals surface area contributed by atoms with Gasteiger partial charge in [0, 0.05) is 17.0 Å². The molecule has 2 saturated heterocycles. The summed E-state index contributed by atoms with van der Waals surface area (Å²) in [6, 6.07) is 14.1. The molecule has 2 aromatic carbocycles. The van der Waals surface area contributed by atoms with Crippen molar-refractivity contribution in [1.29, 1.82) is 0 Å². The monoisotopic (exact) mass is 507 g/mol. The number of carbonyl (C=O) groups excluding carboxylic acids is 3. The SMILES string of the molecule is COC(=O)c1c(N2C(=O)[C@@H]3[C@@H](c4ccc([N+](=O)[O-])cc4)N(c4ccccc4)O[C@H]3C2=O)sc(C)c1C. The molecule has 0 saturated carbocycles. The first kappa shape index (κ1) is 23.6. The van der Waals surface area contributed by atoms with Crippen molar-refractivity contribution in [2.45, 2.75) is 26.0 Å². The van der Waals surface area contributed by atoms with Crippen molar-refractivity contribution < 1.29 is 28.9 Å². The van der Waals surface area contributed by atoms with E-state index in [2.05, 4.69) is 0 Å². The lowest BCUT2D eigenvalue weighted by atomic mass is 9.90. The lowest BCUT2D eigenvalue weighted by Gasteiger charge is -2.28. The van der Waals surface area contributed by atoms with Gasteiger partial charge in [-0.3, -0.25) is 24.5 Å². The Hall–Kier alpha value is -4.09. The van der Waals surface area contributed by atoms with Crippen LogP contribution in [-0.2, 0) is 19.2 Å². The number of esters is 1. The molecule has 3 aromatic rings. The molecule has 10 nitrogen and oxygen atoms in total. The molecule has 0 bridgehead atoms. The van der Waals surface area contributed by atoms with Crippen LogP contribution < -0.4 is 9.96 Å². The zero-order valence-electron chi connectivity index (χ0n) is 19.5. The summed E-state index contributed by atoms with van der Waals surface area (Å²) in [6.45, 7) is 3.54. The van der Waals surface area contributed by atoms with Crippen molar-refractivity contribution in [3.8, 4) is 0 Å². The number of thiophene rings is 1. The highest BCUT2D eigenvalue weighted by molar-refractivity contribution is 7.17. The van der Waals surface area contributed by atoms with Gasteiger partial charge in [0.1, 0.15) is 10.9 Å². The number of rotatable bonds is 5. The second kappa shape index (κ2) is 8.85. The topological polar surface area (TPSA) is 119 Å². The zero-order chi connectivity index (χ0) is 25.7. The van der Waals surface area contributed by atoms with E-state index < -0.39 is 40.8 Å². The first-order chi connectivity index (χ1) is 17.2. The fraction of sp³-hybridized carbons (Fsp3) is 0.240. The number of carbonyl (C=O) groups is 3. The fourth-order valence-electron chi connectivity index (χ4n) is 4.65. The van der Waals surface area contributed by atoms with E-state index in [0.717, 1.165) is 9.78 Å². The van der Waals surface area contributed by atoms with Gasteiger partial charge in [-0.25, -0.2) is 14.8 Å². The summed E-state index contributed by atoms with van der Waals surface area (Å²) < 4.78 is 4.91. The number of amides is 2. The lowest BCUT2D eigenvalue weighted by molar-refractivity contribution is -0.384. The molecule has 3 heterocycles. The Labute approximate surface area is 209 Å². The number of nitro groups is 1. The van der Waals surface area contributed by atoms with E-state index in [0.29, 0.717) is 16.8 Å². The number of anilines is 2. The van der Waals surface area contributed by atoms with Gasteiger partial charge in [-0.1, -0.05) is 30.3 Å². The minimum Gasteiger partial charge on any atom is -0.465 e. The van der Waals surface area contributed by atoms with Gasteiger partial charge in [-0.05, 0) is 37.1 Å². The highest BCUT2D eigenvalue weighted by Crippen LogP contribution is 2.49. The van der Waals surface area contributed by atoms with Crippen LogP contribution in [0.5, 0.6) is 0 Å². The molecule has 3 atom stereocenters. The van der Waals surface area contributed by atoms with Crippen molar-refractivity contribution >= 4 is 45.5 Å².